The van der Waals surface area contributed by atoms with Crippen molar-refractivity contribution in [2.24, 2.45) is 0 Å². The Morgan fingerprint density at radius 2 is 2.00 bits per heavy atom. The van der Waals surface area contributed by atoms with E-state index in [-0.39, 0.29) is 12.1 Å². The Kier molecular flexibility index (Phi) is 4.61. The molecule has 0 aromatic carbocycles. The third kappa shape index (κ3) is 5.23. The smallest absolute Gasteiger partial charge is 0.410 e. The number of carbonyl (C=O) groups excluding carboxylic acids is 1. The van der Waals surface area contributed by atoms with E-state index in [0.717, 1.165) is 6.54 Å². The Labute approximate surface area is 109 Å². The van der Waals surface area contributed by atoms with E-state index in [4.69, 9.17) is 4.74 Å². The number of rotatable bonds is 2. The third-order valence-electron chi connectivity index (χ3n) is 2.71. The quantitative estimate of drug-likeness (QED) is 0.785. The predicted molar refractivity (Wildman–Crippen MR) is 70.5 cm³/mol. The second-order valence-corrected chi connectivity index (χ2v) is 6.55. The van der Waals surface area contributed by atoms with Gasteiger partial charge in [0.05, 0.1) is 11.6 Å². The molecule has 1 aliphatic heterocycles. The van der Waals surface area contributed by atoms with E-state index in [9.17, 15) is 9.90 Å². The minimum atomic E-state index is -0.788. The molecule has 5 nitrogen and oxygen atoms in total. The summed E-state index contributed by atoms with van der Waals surface area (Å²) in [7, 11) is 0. The van der Waals surface area contributed by atoms with Gasteiger partial charge in [-0.05, 0) is 41.0 Å². The van der Waals surface area contributed by atoms with Crippen LogP contribution in [-0.2, 0) is 4.74 Å². The molecule has 1 saturated heterocycles. The fraction of sp³-hybridized carbons (Fsp3) is 0.923. The highest BCUT2D eigenvalue weighted by atomic mass is 16.6. The molecule has 0 bridgehead atoms. The largest absolute Gasteiger partial charge is 0.444 e. The summed E-state index contributed by atoms with van der Waals surface area (Å²) in [6, 6.07) is -0.0198. The van der Waals surface area contributed by atoms with Crippen molar-refractivity contribution >= 4 is 6.09 Å². The zero-order chi connectivity index (χ0) is 14.0. The number of piperazine rings is 1. The Balaban J connectivity index is 2.67. The average Bonchev–Trinajstić information content (AvgIpc) is 2.12. The third-order valence-corrected chi connectivity index (χ3v) is 2.71. The number of aliphatic hydroxyl groups is 1. The summed E-state index contributed by atoms with van der Waals surface area (Å²) in [4.78, 5) is 13.8. The fourth-order valence-corrected chi connectivity index (χ4v) is 2.08. The van der Waals surface area contributed by atoms with Crippen LogP contribution >= 0.6 is 0 Å². The molecular weight excluding hydrogens is 232 g/mol. The maximum absolute atomic E-state index is 12.1. The van der Waals surface area contributed by atoms with Crippen LogP contribution in [0.3, 0.4) is 0 Å². The van der Waals surface area contributed by atoms with Gasteiger partial charge in [-0.1, -0.05) is 0 Å². The summed E-state index contributed by atoms with van der Waals surface area (Å²) in [5.74, 6) is 0. The molecule has 5 heteroatoms. The van der Waals surface area contributed by atoms with E-state index in [0.29, 0.717) is 19.5 Å². The van der Waals surface area contributed by atoms with Crippen molar-refractivity contribution in [2.75, 3.05) is 19.6 Å². The summed E-state index contributed by atoms with van der Waals surface area (Å²) < 4.78 is 5.40. The van der Waals surface area contributed by atoms with Gasteiger partial charge in [0.1, 0.15) is 5.60 Å². The van der Waals surface area contributed by atoms with E-state index in [1.165, 1.54) is 0 Å². The fourth-order valence-electron chi connectivity index (χ4n) is 2.08. The lowest BCUT2D eigenvalue weighted by Gasteiger charge is -2.39. The highest BCUT2D eigenvalue weighted by molar-refractivity contribution is 5.68. The molecule has 18 heavy (non-hydrogen) atoms. The van der Waals surface area contributed by atoms with E-state index in [1.807, 2.05) is 20.8 Å². The van der Waals surface area contributed by atoms with Crippen LogP contribution in [0.25, 0.3) is 0 Å². The van der Waals surface area contributed by atoms with Gasteiger partial charge in [-0.3, -0.25) is 0 Å². The van der Waals surface area contributed by atoms with Gasteiger partial charge in [-0.25, -0.2) is 4.79 Å². The Morgan fingerprint density at radius 1 is 1.39 bits per heavy atom. The Hall–Kier alpha value is -0.810. The Morgan fingerprint density at radius 3 is 2.50 bits per heavy atom. The van der Waals surface area contributed by atoms with Crippen molar-refractivity contribution < 1.29 is 14.6 Å². The summed E-state index contributed by atoms with van der Waals surface area (Å²) in [6.45, 7) is 11.2. The van der Waals surface area contributed by atoms with Gasteiger partial charge in [0.25, 0.3) is 0 Å². The summed E-state index contributed by atoms with van der Waals surface area (Å²) in [5.41, 5.74) is -1.27. The molecular formula is C13H26N2O3. The highest BCUT2D eigenvalue weighted by Gasteiger charge is 2.33. The van der Waals surface area contributed by atoms with E-state index in [2.05, 4.69) is 5.32 Å². The van der Waals surface area contributed by atoms with Gasteiger partial charge >= 0.3 is 6.09 Å². The molecule has 1 aliphatic rings. The van der Waals surface area contributed by atoms with E-state index in [1.54, 1.807) is 18.7 Å². The maximum atomic E-state index is 12.1. The normalized spacial score (nSPS) is 21.9. The number of hydrogen-bond acceptors (Lipinski definition) is 4. The van der Waals surface area contributed by atoms with Crippen molar-refractivity contribution in [3.05, 3.63) is 0 Å². The first-order valence-corrected chi connectivity index (χ1v) is 6.51. The average molecular weight is 258 g/mol. The Bertz CT molecular complexity index is 292. The summed E-state index contributed by atoms with van der Waals surface area (Å²) in [6.07, 6.45) is 0.248. The van der Waals surface area contributed by atoms with Crippen LogP contribution in [0.4, 0.5) is 4.79 Å². The molecule has 0 saturated carbocycles. The summed E-state index contributed by atoms with van der Waals surface area (Å²) in [5, 5.41) is 13.1. The van der Waals surface area contributed by atoms with Crippen molar-refractivity contribution in [2.45, 2.75) is 58.3 Å². The first-order chi connectivity index (χ1) is 8.08. The molecule has 0 spiro atoms. The SMILES string of the molecule is CC(C)(O)CC1CNCCN1C(=O)OC(C)(C)C. The van der Waals surface area contributed by atoms with Crippen LogP contribution in [0.1, 0.15) is 41.0 Å². The van der Waals surface area contributed by atoms with Gasteiger partial charge in [-0.15, -0.1) is 0 Å². The molecule has 0 aromatic heterocycles. The lowest BCUT2D eigenvalue weighted by atomic mass is 9.97. The zero-order valence-electron chi connectivity index (χ0n) is 12.1. The molecule has 1 fully saturated rings. The van der Waals surface area contributed by atoms with E-state index < -0.39 is 11.2 Å². The van der Waals surface area contributed by atoms with Crippen LogP contribution in [0.15, 0.2) is 0 Å². The number of amides is 1. The first kappa shape index (κ1) is 15.2. The first-order valence-electron chi connectivity index (χ1n) is 6.51. The molecule has 0 radical (unpaired) electrons. The lowest BCUT2D eigenvalue weighted by molar-refractivity contribution is -0.00644. The van der Waals surface area contributed by atoms with Gasteiger partial charge in [0.15, 0.2) is 0 Å². The monoisotopic (exact) mass is 258 g/mol. The second-order valence-electron chi connectivity index (χ2n) is 6.55. The summed E-state index contributed by atoms with van der Waals surface area (Å²) >= 11 is 0. The minimum absolute atomic E-state index is 0.0198. The molecule has 2 N–H and O–H groups in total. The molecule has 1 rings (SSSR count). The van der Waals surface area contributed by atoms with Gasteiger partial charge in [0.2, 0.25) is 0 Å². The highest BCUT2D eigenvalue weighted by Crippen LogP contribution is 2.19. The van der Waals surface area contributed by atoms with Gasteiger partial charge in [0, 0.05) is 19.6 Å². The number of ether oxygens (including phenoxy) is 1. The van der Waals surface area contributed by atoms with Gasteiger partial charge < -0.3 is 20.1 Å². The molecule has 0 aliphatic carbocycles. The van der Waals surface area contributed by atoms with E-state index >= 15 is 0 Å². The number of carbonyl (C=O) groups is 1. The van der Waals surface area contributed by atoms with Gasteiger partial charge in [-0.2, -0.15) is 0 Å². The molecule has 1 heterocycles. The molecule has 1 amide bonds. The lowest BCUT2D eigenvalue weighted by Crippen LogP contribution is -2.56. The standard InChI is InChI=1S/C13H26N2O3/c1-12(2,3)18-11(16)15-7-6-14-9-10(15)8-13(4,5)17/h10,14,17H,6-9H2,1-5H3. The van der Waals surface area contributed by atoms with Crippen LogP contribution in [0, 0.1) is 0 Å². The molecule has 106 valence electrons. The molecule has 1 atom stereocenters. The molecule has 0 aromatic rings. The van der Waals surface area contributed by atoms with Crippen LogP contribution in [0.2, 0.25) is 0 Å². The van der Waals surface area contributed by atoms with Crippen molar-refractivity contribution in [1.82, 2.24) is 10.2 Å². The van der Waals surface area contributed by atoms with Crippen molar-refractivity contribution in [3.8, 4) is 0 Å². The number of nitrogens with zero attached hydrogens (tertiary/aromatic N) is 1. The molecule has 1 unspecified atom stereocenters. The second kappa shape index (κ2) is 5.45. The van der Waals surface area contributed by atoms with Crippen molar-refractivity contribution in [3.63, 3.8) is 0 Å². The minimum Gasteiger partial charge on any atom is -0.444 e. The predicted octanol–water partition coefficient (Wildman–Crippen LogP) is 1.36. The topological polar surface area (TPSA) is 61.8 Å². The van der Waals surface area contributed by atoms with Crippen LogP contribution in [-0.4, -0.2) is 53.0 Å². The van der Waals surface area contributed by atoms with Crippen LogP contribution in [0.5, 0.6) is 0 Å². The zero-order valence-corrected chi connectivity index (χ0v) is 12.1. The number of nitrogens with one attached hydrogen (secondary N) is 1. The number of hydrogen-bond donors (Lipinski definition) is 2. The van der Waals surface area contributed by atoms with Crippen LogP contribution < -0.4 is 5.32 Å². The van der Waals surface area contributed by atoms with Crippen molar-refractivity contribution in [1.29, 1.82) is 0 Å². The maximum Gasteiger partial charge on any atom is 0.410 e.